The van der Waals surface area contributed by atoms with Gasteiger partial charge in [-0.25, -0.2) is 4.98 Å². The summed E-state index contributed by atoms with van der Waals surface area (Å²) in [6.07, 6.45) is 3.57. The minimum Gasteiger partial charge on any atom is -0.454 e. The van der Waals surface area contributed by atoms with Crippen molar-refractivity contribution in [1.82, 2.24) is 15.2 Å². The standard InChI is InChI=1S/C19H21N3O4S/c1-12(23)21-17(18-20-6-8-27-18)14-3-2-7-22(10-14)19(24)13-4-5-15-16(9-13)26-11-25-15/h4-6,8-9,14,17H,2-3,7,10-11H2,1H3,(H,21,23). The first-order chi connectivity index (χ1) is 13.1. The second-order valence-electron chi connectivity index (χ2n) is 6.77. The number of nitrogens with zero attached hydrogens (tertiary/aromatic N) is 2. The molecule has 4 rings (SSSR count). The molecule has 2 amide bonds. The first kappa shape index (κ1) is 17.8. The van der Waals surface area contributed by atoms with E-state index in [9.17, 15) is 9.59 Å². The van der Waals surface area contributed by atoms with Crippen molar-refractivity contribution >= 4 is 23.2 Å². The number of nitrogens with one attached hydrogen (secondary N) is 1. The van der Waals surface area contributed by atoms with Crippen LogP contribution in [0.15, 0.2) is 29.8 Å². The lowest BCUT2D eigenvalue weighted by Crippen LogP contribution is -2.45. The Morgan fingerprint density at radius 1 is 1.33 bits per heavy atom. The van der Waals surface area contributed by atoms with E-state index in [1.165, 1.54) is 18.3 Å². The lowest BCUT2D eigenvalue weighted by Gasteiger charge is -2.36. The molecule has 2 aliphatic heterocycles. The summed E-state index contributed by atoms with van der Waals surface area (Å²) >= 11 is 1.53. The molecule has 142 valence electrons. The largest absolute Gasteiger partial charge is 0.454 e. The van der Waals surface area contributed by atoms with Crippen LogP contribution in [0.25, 0.3) is 0 Å². The summed E-state index contributed by atoms with van der Waals surface area (Å²) in [6.45, 7) is 2.98. The van der Waals surface area contributed by atoms with Gasteiger partial charge >= 0.3 is 0 Å². The predicted molar refractivity (Wildman–Crippen MR) is 99.9 cm³/mol. The van der Waals surface area contributed by atoms with Crippen LogP contribution in [0.3, 0.4) is 0 Å². The third kappa shape index (κ3) is 3.75. The van der Waals surface area contributed by atoms with Crippen molar-refractivity contribution in [2.75, 3.05) is 19.9 Å². The van der Waals surface area contributed by atoms with Crippen molar-refractivity contribution in [2.24, 2.45) is 5.92 Å². The fourth-order valence-corrected chi connectivity index (χ4v) is 4.45. The van der Waals surface area contributed by atoms with Gasteiger partial charge in [-0.2, -0.15) is 0 Å². The smallest absolute Gasteiger partial charge is 0.254 e. The zero-order valence-corrected chi connectivity index (χ0v) is 15.8. The molecule has 1 N–H and O–H groups in total. The van der Waals surface area contributed by atoms with Crippen LogP contribution in [0.4, 0.5) is 0 Å². The molecule has 2 aliphatic rings. The topological polar surface area (TPSA) is 80.8 Å². The SMILES string of the molecule is CC(=O)NC(c1nccs1)C1CCCN(C(=O)c2ccc3c(c2)OCO3)C1. The molecule has 27 heavy (non-hydrogen) atoms. The average Bonchev–Trinajstić information content (AvgIpc) is 3.36. The number of carbonyl (C=O) groups is 2. The van der Waals surface area contributed by atoms with E-state index in [0.717, 1.165) is 17.8 Å². The van der Waals surface area contributed by atoms with Gasteiger partial charge in [-0.15, -0.1) is 11.3 Å². The van der Waals surface area contributed by atoms with Crippen LogP contribution in [-0.4, -0.2) is 41.6 Å². The highest BCUT2D eigenvalue weighted by atomic mass is 32.1. The molecule has 3 heterocycles. The zero-order chi connectivity index (χ0) is 18.8. The first-order valence-electron chi connectivity index (χ1n) is 8.97. The van der Waals surface area contributed by atoms with Crippen molar-refractivity contribution < 1.29 is 19.1 Å². The van der Waals surface area contributed by atoms with Crippen LogP contribution in [0.5, 0.6) is 11.5 Å². The lowest BCUT2D eigenvalue weighted by atomic mass is 9.90. The number of aromatic nitrogens is 1. The van der Waals surface area contributed by atoms with E-state index in [2.05, 4.69) is 10.3 Å². The fraction of sp³-hybridized carbons (Fsp3) is 0.421. The number of carbonyl (C=O) groups excluding carboxylic acids is 2. The molecule has 1 fully saturated rings. The van der Waals surface area contributed by atoms with E-state index in [1.807, 2.05) is 10.3 Å². The molecule has 0 radical (unpaired) electrons. The van der Waals surface area contributed by atoms with Gasteiger partial charge in [-0.05, 0) is 31.0 Å². The van der Waals surface area contributed by atoms with Crippen molar-refractivity contribution in [1.29, 1.82) is 0 Å². The minimum absolute atomic E-state index is 0.0290. The molecular formula is C19H21N3O4S. The van der Waals surface area contributed by atoms with E-state index in [-0.39, 0.29) is 30.6 Å². The Labute approximate surface area is 161 Å². The Morgan fingerprint density at radius 3 is 2.96 bits per heavy atom. The zero-order valence-electron chi connectivity index (χ0n) is 15.0. The predicted octanol–water partition coefficient (Wildman–Crippen LogP) is 2.60. The maximum Gasteiger partial charge on any atom is 0.254 e. The highest BCUT2D eigenvalue weighted by molar-refractivity contribution is 7.09. The maximum atomic E-state index is 13.0. The number of amides is 2. The summed E-state index contributed by atoms with van der Waals surface area (Å²) in [6, 6.07) is 5.11. The van der Waals surface area contributed by atoms with Crippen LogP contribution in [0.2, 0.25) is 0 Å². The molecule has 1 aromatic carbocycles. The van der Waals surface area contributed by atoms with Gasteiger partial charge in [0.1, 0.15) is 5.01 Å². The molecule has 1 saturated heterocycles. The summed E-state index contributed by atoms with van der Waals surface area (Å²) in [5.41, 5.74) is 0.588. The van der Waals surface area contributed by atoms with Crippen molar-refractivity contribution in [3.05, 3.63) is 40.3 Å². The van der Waals surface area contributed by atoms with E-state index in [1.54, 1.807) is 24.4 Å². The van der Waals surface area contributed by atoms with Crippen LogP contribution >= 0.6 is 11.3 Å². The number of ether oxygens (including phenoxy) is 2. The quantitative estimate of drug-likeness (QED) is 0.872. The summed E-state index contributed by atoms with van der Waals surface area (Å²) < 4.78 is 10.7. The van der Waals surface area contributed by atoms with Gasteiger partial charge in [-0.3, -0.25) is 9.59 Å². The van der Waals surface area contributed by atoms with Gasteiger partial charge in [-0.1, -0.05) is 0 Å². The van der Waals surface area contributed by atoms with Gasteiger partial charge < -0.3 is 19.7 Å². The Bertz CT molecular complexity index is 839. The summed E-state index contributed by atoms with van der Waals surface area (Å²) in [7, 11) is 0. The molecule has 7 nitrogen and oxygen atoms in total. The average molecular weight is 387 g/mol. The molecule has 1 aromatic heterocycles. The van der Waals surface area contributed by atoms with Gasteiger partial charge in [0.15, 0.2) is 11.5 Å². The van der Waals surface area contributed by atoms with Gasteiger partial charge in [0.05, 0.1) is 6.04 Å². The van der Waals surface area contributed by atoms with Gasteiger partial charge in [0.2, 0.25) is 12.7 Å². The molecule has 0 spiro atoms. The Kier molecular flexibility index (Phi) is 4.98. The summed E-state index contributed by atoms with van der Waals surface area (Å²) in [5.74, 6) is 1.28. The van der Waals surface area contributed by atoms with E-state index in [4.69, 9.17) is 9.47 Å². The fourth-order valence-electron chi connectivity index (χ4n) is 3.67. The molecule has 2 aromatic rings. The monoisotopic (exact) mass is 387 g/mol. The molecule has 2 unspecified atom stereocenters. The third-order valence-corrected chi connectivity index (χ3v) is 5.77. The number of thiazole rings is 1. The second kappa shape index (κ2) is 7.56. The number of piperidine rings is 1. The molecule has 0 bridgehead atoms. The minimum atomic E-state index is -0.171. The lowest BCUT2D eigenvalue weighted by molar-refractivity contribution is -0.120. The summed E-state index contributed by atoms with van der Waals surface area (Å²) in [4.78, 5) is 30.9. The van der Waals surface area contributed by atoms with Gasteiger partial charge in [0.25, 0.3) is 5.91 Å². The second-order valence-corrected chi connectivity index (χ2v) is 7.70. The van der Waals surface area contributed by atoms with Crippen LogP contribution in [0, 0.1) is 5.92 Å². The Hall–Kier alpha value is -2.61. The number of fused-ring (bicyclic) bond motifs is 1. The number of benzene rings is 1. The van der Waals surface area contributed by atoms with Crippen LogP contribution < -0.4 is 14.8 Å². The van der Waals surface area contributed by atoms with E-state index < -0.39 is 0 Å². The first-order valence-corrected chi connectivity index (χ1v) is 9.85. The molecular weight excluding hydrogens is 366 g/mol. The van der Waals surface area contributed by atoms with Crippen molar-refractivity contribution in [2.45, 2.75) is 25.8 Å². The van der Waals surface area contributed by atoms with E-state index in [0.29, 0.717) is 30.2 Å². The highest BCUT2D eigenvalue weighted by Gasteiger charge is 2.33. The van der Waals surface area contributed by atoms with Crippen molar-refractivity contribution in [3.8, 4) is 11.5 Å². The Balaban J connectivity index is 1.51. The number of hydrogen-bond donors (Lipinski definition) is 1. The van der Waals surface area contributed by atoms with Crippen LogP contribution in [-0.2, 0) is 4.79 Å². The number of rotatable bonds is 4. The Morgan fingerprint density at radius 2 is 2.19 bits per heavy atom. The van der Waals surface area contributed by atoms with Crippen LogP contribution in [0.1, 0.15) is 41.2 Å². The van der Waals surface area contributed by atoms with Crippen molar-refractivity contribution in [3.63, 3.8) is 0 Å². The molecule has 8 heteroatoms. The number of likely N-dealkylation sites (tertiary alicyclic amines) is 1. The third-order valence-electron chi connectivity index (χ3n) is 4.91. The normalized spacial score (nSPS) is 19.6. The maximum absolute atomic E-state index is 13.0. The molecule has 0 aliphatic carbocycles. The summed E-state index contributed by atoms with van der Waals surface area (Å²) in [5, 5.41) is 5.81. The van der Waals surface area contributed by atoms with E-state index >= 15 is 0 Å². The highest BCUT2D eigenvalue weighted by Crippen LogP contribution is 2.34. The molecule has 0 saturated carbocycles. The number of hydrogen-bond acceptors (Lipinski definition) is 6. The van der Waals surface area contributed by atoms with Gasteiger partial charge in [0, 0.05) is 43.1 Å². The molecule has 2 atom stereocenters.